The van der Waals surface area contributed by atoms with Gasteiger partial charge in [-0.25, -0.2) is 0 Å². The number of nitrogens with two attached hydrogens (primary N) is 1. The quantitative estimate of drug-likeness (QED) is 0.819. The summed E-state index contributed by atoms with van der Waals surface area (Å²) in [6.07, 6.45) is 0.215. The number of halogens is 1. The maximum Gasteiger partial charge on any atom is 0.167 e. The molecule has 0 heterocycles. The van der Waals surface area contributed by atoms with Crippen molar-refractivity contribution in [2.75, 3.05) is 13.7 Å². The highest BCUT2D eigenvalue weighted by molar-refractivity contribution is 9.10. The van der Waals surface area contributed by atoms with E-state index in [0.717, 1.165) is 0 Å². The summed E-state index contributed by atoms with van der Waals surface area (Å²) in [4.78, 5) is 11.5. The van der Waals surface area contributed by atoms with Crippen LogP contribution < -0.4 is 10.5 Å². The van der Waals surface area contributed by atoms with Gasteiger partial charge in [0.25, 0.3) is 0 Å². The predicted octanol–water partition coefficient (Wildman–Crippen LogP) is 1.69. The van der Waals surface area contributed by atoms with Crippen molar-refractivity contribution in [2.45, 2.75) is 6.42 Å². The lowest BCUT2D eigenvalue weighted by molar-refractivity contribution is 0.0982. The van der Waals surface area contributed by atoms with E-state index in [0.29, 0.717) is 10.2 Å². The number of phenols is 1. The van der Waals surface area contributed by atoms with Crippen LogP contribution in [0.1, 0.15) is 16.8 Å². The molecule has 0 bridgehead atoms. The van der Waals surface area contributed by atoms with Gasteiger partial charge in [0.15, 0.2) is 5.78 Å². The van der Waals surface area contributed by atoms with E-state index in [1.807, 2.05) is 0 Å². The molecular weight excluding hydrogens is 262 g/mol. The fourth-order valence-corrected chi connectivity index (χ4v) is 1.70. The summed E-state index contributed by atoms with van der Waals surface area (Å²) < 4.78 is 5.36. The Kier molecular flexibility index (Phi) is 4.11. The summed E-state index contributed by atoms with van der Waals surface area (Å²) in [6, 6.07) is 3.14. The summed E-state index contributed by atoms with van der Waals surface area (Å²) in [5.41, 5.74) is 5.53. The first-order chi connectivity index (χ1) is 7.11. The Labute approximate surface area is 96.2 Å². The monoisotopic (exact) mass is 273 g/mol. The summed E-state index contributed by atoms with van der Waals surface area (Å²) in [7, 11) is 1.49. The van der Waals surface area contributed by atoms with E-state index in [-0.39, 0.29) is 30.1 Å². The van der Waals surface area contributed by atoms with Gasteiger partial charge in [-0.2, -0.15) is 0 Å². The molecule has 3 N–H and O–H groups in total. The molecule has 5 heteroatoms. The van der Waals surface area contributed by atoms with Crippen LogP contribution in [0, 0.1) is 0 Å². The molecule has 1 aromatic rings. The molecule has 1 rings (SSSR count). The molecule has 0 aromatic heterocycles. The number of ketones is 1. The van der Waals surface area contributed by atoms with Crippen molar-refractivity contribution >= 4 is 21.7 Å². The minimum absolute atomic E-state index is 0.104. The highest BCUT2D eigenvalue weighted by Gasteiger charge is 2.15. The molecule has 0 atom stereocenters. The minimum Gasteiger partial charge on any atom is -0.506 e. The smallest absolute Gasteiger partial charge is 0.167 e. The lowest BCUT2D eigenvalue weighted by Crippen LogP contribution is -2.08. The largest absolute Gasteiger partial charge is 0.506 e. The molecular formula is C10H12BrNO3. The molecule has 1 aromatic carbocycles. The second kappa shape index (κ2) is 5.14. The summed E-state index contributed by atoms with van der Waals surface area (Å²) >= 11 is 3.15. The highest BCUT2D eigenvalue weighted by Crippen LogP contribution is 2.36. The molecule has 82 valence electrons. The van der Waals surface area contributed by atoms with Crippen molar-refractivity contribution in [3.05, 3.63) is 22.2 Å². The van der Waals surface area contributed by atoms with Gasteiger partial charge < -0.3 is 15.6 Å². The van der Waals surface area contributed by atoms with Crippen LogP contribution >= 0.6 is 15.9 Å². The number of benzene rings is 1. The number of hydrogen-bond donors (Lipinski definition) is 2. The van der Waals surface area contributed by atoms with E-state index in [9.17, 15) is 9.90 Å². The van der Waals surface area contributed by atoms with Crippen LogP contribution in [0.25, 0.3) is 0 Å². The first kappa shape index (κ1) is 12.0. The Balaban J connectivity index is 3.11. The number of aromatic hydroxyl groups is 1. The van der Waals surface area contributed by atoms with E-state index in [1.54, 1.807) is 6.07 Å². The van der Waals surface area contributed by atoms with Gasteiger partial charge in [0.2, 0.25) is 0 Å². The molecule has 0 unspecified atom stereocenters. The van der Waals surface area contributed by atoms with Gasteiger partial charge in [0.05, 0.1) is 12.7 Å². The topological polar surface area (TPSA) is 72.5 Å². The average molecular weight is 274 g/mol. The van der Waals surface area contributed by atoms with Crippen LogP contribution in [0.2, 0.25) is 0 Å². The molecule has 0 radical (unpaired) electrons. The van der Waals surface area contributed by atoms with Crippen LogP contribution in [-0.2, 0) is 0 Å². The third kappa shape index (κ3) is 2.49. The molecule has 0 aliphatic carbocycles. The van der Waals surface area contributed by atoms with Gasteiger partial charge in [-0.3, -0.25) is 4.79 Å². The van der Waals surface area contributed by atoms with Crippen molar-refractivity contribution in [2.24, 2.45) is 5.73 Å². The third-order valence-electron chi connectivity index (χ3n) is 1.97. The lowest BCUT2D eigenvalue weighted by Gasteiger charge is -2.08. The average Bonchev–Trinajstić information content (AvgIpc) is 2.22. The van der Waals surface area contributed by atoms with Crippen LogP contribution in [0.5, 0.6) is 11.5 Å². The van der Waals surface area contributed by atoms with Crippen molar-refractivity contribution in [3.63, 3.8) is 0 Å². The number of rotatable bonds is 4. The van der Waals surface area contributed by atoms with E-state index < -0.39 is 0 Å². The molecule has 0 saturated heterocycles. The number of carbonyl (C=O) groups excluding carboxylic acids is 1. The molecule has 15 heavy (non-hydrogen) atoms. The maximum atomic E-state index is 11.5. The number of ether oxygens (including phenoxy) is 1. The van der Waals surface area contributed by atoms with Crippen molar-refractivity contribution in [1.29, 1.82) is 0 Å². The molecule has 0 saturated carbocycles. The van der Waals surface area contributed by atoms with Gasteiger partial charge in [-0.05, 0) is 34.6 Å². The number of Topliss-reactive ketones (excluding diaryl/α,β-unsaturated/α-hetero) is 1. The van der Waals surface area contributed by atoms with Gasteiger partial charge in [0, 0.05) is 6.42 Å². The molecule has 0 amide bonds. The number of methoxy groups -OCH3 is 1. The molecule has 0 fully saturated rings. The predicted molar refractivity (Wildman–Crippen MR) is 60.4 cm³/mol. The first-order valence-corrected chi connectivity index (χ1v) is 5.19. The highest BCUT2D eigenvalue weighted by atomic mass is 79.9. The van der Waals surface area contributed by atoms with Crippen molar-refractivity contribution in [1.82, 2.24) is 0 Å². The fourth-order valence-electron chi connectivity index (χ4n) is 1.19. The van der Waals surface area contributed by atoms with Crippen LogP contribution in [-0.4, -0.2) is 24.5 Å². The van der Waals surface area contributed by atoms with Gasteiger partial charge in [-0.15, -0.1) is 0 Å². The minimum atomic E-state index is -0.182. The van der Waals surface area contributed by atoms with Crippen LogP contribution in [0.4, 0.5) is 0 Å². The Morgan fingerprint density at radius 3 is 2.80 bits per heavy atom. The standard InChI is InChI=1S/C10H12BrNO3/c1-15-8-3-2-6(7(13)4-5-12)10(14)9(8)11/h2-3,14H,4-5,12H2,1H3. The summed E-state index contributed by atoms with van der Waals surface area (Å²) in [5, 5.41) is 9.72. The van der Waals surface area contributed by atoms with E-state index in [2.05, 4.69) is 15.9 Å². The fraction of sp³-hybridized carbons (Fsp3) is 0.300. The third-order valence-corrected chi connectivity index (χ3v) is 2.74. The van der Waals surface area contributed by atoms with Gasteiger partial charge >= 0.3 is 0 Å². The molecule has 4 nitrogen and oxygen atoms in total. The van der Waals surface area contributed by atoms with Crippen LogP contribution in [0.3, 0.4) is 0 Å². The number of hydrogen-bond acceptors (Lipinski definition) is 4. The summed E-state index contributed by atoms with van der Waals surface area (Å²) in [5.74, 6) is 0.197. The van der Waals surface area contributed by atoms with E-state index in [1.165, 1.54) is 13.2 Å². The Morgan fingerprint density at radius 2 is 2.27 bits per heavy atom. The van der Waals surface area contributed by atoms with E-state index >= 15 is 0 Å². The zero-order valence-corrected chi connectivity index (χ0v) is 9.87. The second-order valence-corrected chi connectivity index (χ2v) is 3.73. The zero-order valence-electron chi connectivity index (χ0n) is 8.29. The van der Waals surface area contributed by atoms with Crippen molar-refractivity contribution < 1.29 is 14.6 Å². The normalized spacial score (nSPS) is 10.1. The number of phenolic OH excluding ortho intramolecular Hbond substituents is 1. The molecule has 0 aliphatic rings. The SMILES string of the molecule is COc1ccc(C(=O)CCN)c(O)c1Br. The zero-order chi connectivity index (χ0) is 11.4. The summed E-state index contributed by atoms with van der Waals surface area (Å²) in [6.45, 7) is 0.266. The Bertz CT molecular complexity index is 379. The van der Waals surface area contributed by atoms with Gasteiger partial charge in [-0.1, -0.05) is 0 Å². The number of carbonyl (C=O) groups is 1. The van der Waals surface area contributed by atoms with Crippen molar-refractivity contribution in [3.8, 4) is 11.5 Å². The lowest BCUT2D eigenvalue weighted by atomic mass is 10.1. The Hall–Kier alpha value is -1.07. The molecule has 0 aliphatic heterocycles. The van der Waals surface area contributed by atoms with Gasteiger partial charge in [0.1, 0.15) is 16.0 Å². The molecule has 0 spiro atoms. The second-order valence-electron chi connectivity index (χ2n) is 2.94. The Morgan fingerprint density at radius 1 is 1.60 bits per heavy atom. The van der Waals surface area contributed by atoms with Crippen LogP contribution in [0.15, 0.2) is 16.6 Å². The maximum absolute atomic E-state index is 11.5. The first-order valence-electron chi connectivity index (χ1n) is 4.40. The van der Waals surface area contributed by atoms with E-state index in [4.69, 9.17) is 10.5 Å².